The summed E-state index contributed by atoms with van der Waals surface area (Å²) in [6, 6.07) is 0. The maximum absolute atomic E-state index is 13.4. The van der Waals surface area contributed by atoms with Gasteiger partial charge < -0.3 is 5.11 Å². The van der Waals surface area contributed by atoms with E-state index in [9.17, 15) is 8.78 Å². The maximum Gasteiger partial charge on any atom is 0.271 e. The minimum atomic E-state index is -2.86. The van der Waals surface area contributed by atoms with E-state index in [0.29, 0.717) is 17.8 Å². The number of hydrogen-bond acceptors (Lipinski definition) is 1. The molecule has 3 heteroatoms. The van der Waals surface area contributed by atoms with E-state index in [2.05, 4.69) is 0 Å². The molecule has 0 unspecified atom stereocenters. The summed E-state index contributed by atoms with van der Waals surface area (Å²) in [7, 11) is 0. The molecule has 0 radical (unpaired) electrons. The Morgan fingerprint density at radius 3 is 1.81 bits per heavy atom. The van der Waals surface area contributed by atoms with Gasteiger partial charge >= 0.3 is 0 Å². The molecule has 92 valence electrons. The van der Waals surface area contributed by atoms with Gasteiger partial charge in [-0.05, 0) is 61.7 Å². The van der Waals surface area contributed by atoms with Crippen LogP contribution in [0.2, 0.25) is 0 Å². The molecule has 0 aromatic heterocycles. The van der Waals surface area contributed by atoms with Crippen molar-refractivity contribution in [2.24, 2.45) is 23.2 Å². The highest BCUT2D eigenvalue weighted by Gasteiger charge is 2.53. The molecule has 0 aromatic rings. The van der Waals surface area contributed by atoms with E-state index in [1.54, 1.807) is 0 Å². The molecular formula is C13H20F2O. The third-order valence-corrected chi connectivity index (χ3v) is 5.03. The van der Waals surface area contributed by atoms with Gasteiger partial charge in [-0.1, -0.05) is 0 Å². The second kappa shape index (κ2) is 3.41. The zero-order chi connectivity index (χ0) is 11.4. The van der Waals surface area contributed by atoms with E-state index in [-0.39, 0.29) is 11.8 Å². The summed E-state index contributed by atoms with van der Waals surface area (Å²) in [5.74, 6) is -0.728. The van der Waals surface area contributed by atoms with Gasteiger partial charge in [-0.25, -0.2) is 8.78 Å². The normalized spacial score (nSPS) is 46.3. The predicted molar refractivity (Wildman–Crippen MR) is 57.3 cm³/mol. The van der Waals surface area contributed by atoms with Crippen molar-refractivity contribution < 1.29 is 13.9 Å². The lowest BCUT2D eigenvalue weighted by atomic mass is 9.48. The van der Waals surface area contributed by atoms with Crippen LogP contribution in [0.4, 0.5) is 8.78 Å². The predicted octanol–water partition coefficient (Wildman–Crippen LogP) is 3.22. The molecule has 0 saturated heterocycles. The highest BCUT2D eigenvalue weighted by molar-refractivity contribution is 5.02. The van der Waals surface area contributed by atoms with Crippen LogP contribution < -0.4 is 0 Å². The quantitative estimate of drug-likeness (QED) is 0.789. The molecule has 0 heterocycles. The van der Waals surface area contributed by atoms with Crippen LogP contribution in [0.1, 0.15) is 44.9 Å². The molecule has 1 nitrogen and oxygen atoms in total. The molecule has 4 rings (SSSR count). The summed E-state index contributed by atoms with van der Waals surface area (Å²) in [6.45, 7) is -0.977. The lowest BCUT2D eigenvalue weighted by molar-refractivity contribution is -0.135. The lowest BCUT2D eigenvalue weighted by Gasteiger charge is -2.57. The highest BCUT2D eigenvalue weighted by Crippen LogP contribution is 2.62. The first kappa shape index (κ1) is 10.9. The first-order valence-electron chi connectivity index (χ1n) is 6.49. The molecule has 0 spiro atoms. The van der Waals surface area contributed by atoms with Crippen LogP contribution in [-0.2, 0) is 0 Å². The third-order valence-electron chi connectivity index (χ3n) is 5.03. The second-order valence-corrected chi connectivity index (χ2v) is 6.61. The Labute approximate surface area is 95.2 Å². The molecule has 0 aromatic carbocycles. The molecule has 4 aliphatic carbocycles. The van der Waals surface area contributed by atoms with E-state index in [0.717, 1.165) is 19.3 Å². The summed E-state index contributed by atoms with van der Waals surface area (Å²) in [5.41, 5.74) is -0.124. The van der Waals surface area contributed by atoms with Crippen LogP contribution in [0.3, 0.4) is 0 Å². The summed E-state index contributed by atoms with van der Waals surface area (Å²) < 4.78 is 26.8. The van der Waals surface area contributed by atoms with Crippen molar-refractivity contribution in [3.8, 4) is 0 Å². The minimum absolute atomic E-state index is 0.0694. The lowest BCUT2D eigenvalue weighted by Crippen LogP contribution is -2.48. The minimum Gasteiger partial charge on any atom is -0.390 e. The van der Waals surface area contributed by atoms with Gasteiger partial charge in [0.1, 0.15) is 6.61 Å². The molecule has 0 atom stereocenters. The van der Waals surface area contributed by atoms with E-state index >= 15 is 0 Å². The molecule has 4 fully saturated rings. The fourth-order valence-corrected chi connectivity index (χ4v) is 5.11. The highest BCUT2D eigenvalue weighted by atomic mass is 19.3. The van der Waals surface area contributed by atoms with Crippen molar-refractivity contribution in [1.29, 1.82) is 0 Å². The van der Waals surface area contributed by atoms with Crippen molar-refractivity contribution in [1.82, 2.24) is 0 Å². The first-order chi connectivity index (χ1) is 7.50. The molecule has 16 heavy (non-hydrogen) atoms. The zero-order valence-electron chi connectivity index (χ0n) is 9.59. The van der Waals surface area contributed by atoms with Gasteiger partial charge in [0.05, 0.1) is 0 Å². The van der Waals surface area contributed by atoms with E-state index < -0.39 is 12.5 Å². The van der Waals surface area contributed by atoms with Gasteiger partial charge in [-0.15, -0.1) is 0 Å². The van der Waals surface area contributed by atoms with Crippen molar-refractivity contribution in [2.45, 2.75) is 50.9 Å². The molecule has 0 aliphatic heterocycles. The number of hydrogen-bond donors (Lipinski definition) is 1. The van der Waals surface area contributed by atoms with Crippen molar-refractivity contribution in [3.63, 3.8) is 0 Å². The van der Waals surface area contributed by atoms with E-state index in [1.165, 1.54) is 19.3 Å². The van der Waals surface area contributed by atoms with Crippen LogP contribution in [-0.4, -0.2) is 17.6 Å². The average Bonchev–Trinajstić information content (AvgIpc) is 2.13. The van der Waals surface area contributed by atoms with E-state index in [1.807, 2.05) is 0 Å². The van der Waals surface area contributed by atoms with Gasteiger partial charge in [0.2, 0.25) is 0 Å². The van der Waals surface area contributed by atoms with Crippen LogP contribution in [0.25, 0.3) is 0 Å². The molecular weight excluding hydrogens is 210 g/mol. The Bertz CT molecular complexity index is 252. The largest absolute Gasteiger partial charge is 0.390 e. The first-order valence-corrected chi connectivity index (χ1v) is 6.49. The summed E-state index contributed by atoms with van der Waals surface area (Å²) >= 11 is 0. The summed E-state index contributed by atoms with van der Waals surface area (Å²) in [5, 5.41) is 8.75. The van der Waals surface area contributed by atoms with Crippen LogP contribution in [0, 0.1) is 23.2 Å². The Morgan fingerprint density at radius 2 is 1.44 bits per heavy atom. The van der Waals surface area contributed by atoms with Crippen molar-refractivity contribution in [3.05, 3.63) is 0 Å². The monoisotopic (exact) mass is 230 g/mol. The number of halogens is 2. The Kier molecular flexibility index (Phi) is 2.33. The van der Waals surface area contributed by atoms with Gasteiger partial charge in [0.25, 0.3) is 5.92 Å². The smallest absolute Gasteiger partial charge is 0.271 e. The van der Waals surface area contributed by atoms with Gasteiger partial charge in [-0.3, -0.25) is 0 Å². The fraction of sp³-hybridized carbons (Fsp3) is 1.00. The Morgan fingerprint density at radius 1 is 1.00 bits per heavy atom. The van der Waals surface area contributed by atoms with Crippen molar-refractivity contribution in [2.75, 3.05) is 6.61 Å². The maximum atomic E-state index is 13.4. The number of aliphatic hydroxyl groups is 1. The van der Waals surface area contributed by atoms with Gasteiger partial charge in [-0.2, -0.15) is 0 Å². The topological polar surface area (TPSA) is 20.2 Å². The Balaban J connectivity index is 1.78. The van der Waals surface area contributed by atoms with Gasteiger partial charge in [0, 0.05) is 6.42 Å². The van der Waals surface area contributed by atoms with Crippen LogP contribution >= 0.6 is 0 Å². The van der Waals surface area contributed by atoms with E-state index in [4.69, 9.17) is 5.11 Å². The fourth-order valence-electron chi connectivity index (χ4n) is 5.11. The number of aliphatic hydroxyl groups excluding tert-OH is 1. The van der Waals surface area contributed by atoms with Crippen molar-refractivity contribution >= 4 is 0 Å². The second-order valence-electron chi connectivity index (χ2n) is 6.61. The number of alkyl halides is 2. The third kappa shape index (κ3) is 1.77. The molecule has 0 amide bonds. The van der Waals surface area contributed by atoms with Crippen LogP contribution in [0.5, 0.6) is 0 Å². The standard InChI is InChI=1S/C13H20F2O/c14-13(15,8-16)7-12-4-9-1-10(5-12)3-11(2-9)6-12/h9-11,16H,1-8H2. The summed E-state index contributed by atoms with van der Waals surface area (Å²) in [6.07, 6.45) is 6.76. The van der Waals surface area contributed by atoms with Crippen LogP contribution in [0.15, 0.2) is 0 Å². The molecule has 4 saturated carbocycles. The summed E-state index contributed by atoms with van der Waals surface area (Å²) in [4.78, 5) is 0. The number of rotatable bonds is 3. The molecule has 4 aliphatic rings. The Hall–Kier alpha value is -0.180. The zero-order valence-corrected chi connectivity index (χ0v) is 9.59. The van der Waals surface area contributed by atoms with Gasteiger partial charge in [0.15, 0.2) is 0 Å². The average molecular weight is 230 g/mol. The SMILES string of the molecule is OCC(F)(F)CC12CC3CC(CC(C3)C1)C2. The molecule has 1 N–H and O–H groups in total. The molecule has 4 bridgehead atoms.